The van der Waals surface area contributed by atoms with Crippen LogP contribution in [0.15, 0.2) is 35.8 Å². The smallest absolute Gasteiger partial charge is 0.123 e. The van der Waals surface area contributed by atoms with Crippen molar-refractivity contribution in [3.63, 3.8) is 0 Å². The Balaban J connectivity index is 1.66. The van der Waals surface area contributed by atoms with Crippen molar-refractivity contribution >= 4 is 17.0 Å². The van der Waals surface area contributed by atoms with Gasteiger partial charge in [0, 0.05) is 28.9 Å². The van der Waals surface area contributed by atoms with E-state index in [1.54, 1.807) is 11.3 Å². The predicted octanol–water partition coefficient (Wildman–Crippen LogP) is 5.05. The Bertz CT molecular complexity index is 523. The zero-order valence-corrected chi connectivity index (χ0v) is 13.0. The fourth-order valence-corrected chi connectivity index (χ4v) is 4.02. The molecule has 2 nitrogen and oxygen atoms in total. The van der Waals surface area contributed by atoms with E-state index in [0.717, 1.165) is 16.8 Å². The van der Waals surface area contributed by atoms with E-state index in [0.29, 0.717) is 6.04 Å². The minimum Gasteiger partial charge on any atom is -0.382 e. The molecular weight excluding hydrogens is 264 g/mol. The van der Waals surface area contributed by atoms with Gasteiger partial charge < -0.3 is 5.32 Å². The van der Waals surface area contributed by atoms with Gasteiger partial charge in [-0.1, -0.05) is 13.8 Å². The van der Waals surface area contributed by atoms with Gasteiger partial charge in [-0.05, 0) is 55.4 Å². The van der Waals surface area contributed by atoms with Crippen LogP contribution in [0.2, 0.25) is 0 Å². The summed E-state index contributed by atoms with van der Waals surface area (Å²) in [5.41, 5.74) is 2.44. The number of nitrogens with zero attached hydrogens (tertiary/aromatic N) is 1. The fourth-order valence-electron chi connectivity index (χ4n) is 3.38. The molecule has 106 valence electrons. The van der Waals surface area contributed by atoms with Crippen molar-refractivity contribution in [2.45, 2.75) is 39.2 Å². The van der Waals surface area contributed by atoms with E-state index < -0.39 is 0 Å². The van der Waals surface area contributed by atoms with Crippen molar-refractivity contribution in [3.8, 4) is 10.6 Å². The number of aromatic nitrogens is 1. The quantitative estimate of drug-likeness (QED) is 0.854. The highest BCUT2D eigenvalue weighted by Crippen LogP contribution is 2.31. The van der Waals surface area contributed by atoms with Crippen LogP contribution >= 0.6 is 11.3 Å². The van der Waals surface area contributed by atoms with Crippen molar-refractivity contribution in [2.24, 2.45) is 11.8 Å². The molecule has 2 atom stereocenters. The molecule has 20 heavy (non-hydrogen) atoms. The van der Waals surface area contributed by atoms with Gasteiger partial charge in [-0.25, -0.2) is 4.98 Å². The summed E-state index contributed by atoms with van der Waals surface area (Å²) < 4.78 is 0. The fraction of sp³-hybridized carbons (Fsp3) is 0.471. The summed E-state index contributed by atoms with van der Waals surface area (Å²) in [4.78, 5) is 4.35. The summed E-state index contributed by atoms with van der Waals surface area (Å²) in [5, 5.41) is 6.81. The van der Waals surface area contributed by atoms with Gasteiger partial charge in [-0.3, -0.25) is 0 Å². The molecule has 0 amide bonds. The zero-order chi connectivity index (χ0) is 13.9. The minimum absolute atomic E-state index is 0.625. The Morgan fingerprint density at radius 2 is 1.75 bits per heavy atom. The Labute approximate surface area is 125 Å². The molecule has 1 aromatic heterocycles. The number of thiazole rings is 1. The van der Waals surface area contributed by atoms with Gasteiger partial charge >= 0.3 is 0 Å². The molecule has 3 rings (SSSR count). The van der Waals surface area contributed by atoms with Crippen molar-refractivity contribution < 1.29 is 0 Å². The van der Waals surface area contributed by atoms with Crippen molar-refractivity contribution in [1.82, 2.24) is 4.98 Å². The van der Waals surface area contributed by atoms with E-state index in [9.17, 15) is 0 Å². The Hall–Kier alpha value is -1.35. The maximum absolute atomic E-state index is 4.35. The number of benzene rings is 1. The summed E-state index contributed by atoms with van der Waals surface area (Å²) in [5.74, 6) is 1.68. The van der Waals surface area contributed by atoms with Crippen LogP contribution < -0.4 is 5.32 Å². The average molecular weight is 286 g/mol. The first kappa shape index (κ1) is 13.6. The first-order valence-electron chi connectivity index (χ1n) is 7.47. The van der Waals surface area contributed by atoms with Crippen LogP contribution in [0.3, 0.4) is 0 Å². The van der Waals surface area contributed by atoms with Gasteiger partial charge in [0.15, 0.2) is 0 Å². The van der Waals surface area contributed by atoms with Crippen molar-refractivity contribution in [3.05, 3.63) is 35.8 Å². The lowest BCUT2D eigenvalue weighted by atomic mass is 9.80. The largest absolute Gasteiger partial charge is 0.382 e. The summed E-state index contributed by atoms with van der Waals surface area (Å²) in [7, 11) is 0. The number of hydrogen-bond donors (Lipinski definition) is 1. The number of nitrogens with one attached hydrogen (secondary N) is 1. The Morgan fingerprint density at radius 3 is 2.35 bits per heavy atom. The van der Waals surface area contributed by atoms with E-state index in [1.807, 2.05) is 11.6 Å². The zero-order valence-electron chi connectivity index (χ0n) is 12.2. The van der Waals surface area contributed by atoms with Crippen molar-refractivity contribution in [1.29, 1.82) is 0 Å². The molecule has 1 saturated carbocycles. The monoisotopic (exact) mass is 286 g/mol. The second-order valence-electron chi connectivity index (χ2n) is 6.17. The molecule has 0 bridgehead atoms. The molecule has 1 aromatic carbocycles. The Kier molecular flexibility index (Phi) is 4.06. The van der Waals surface area contributed by atoms with Gasteiger partial charge in [0.05, 0.1) is 0 Å². The van der Waals surface area contributed by atoms with Crippen LogP contribution in [-0.4, -0.2) is 11.0 Å². The highest BCUT2D eigenvalue weighted by atomic mass is 32.1. The molecular formula is C17H22N2S. The molecule has 0 aliphatic heterocycles. The lowest BCUT2D eigenvalue weighted by Crippen LogP contribution is -2.30. The van der Waals surface area contributed by atoms with E-state index in [-0.39, 0.29) is 0 Å². The number of anilines is 1. The van der Waals surface area contributed by atoms with Crippen LogP contribution in [0, 0.1) is 11.8 Å². The molecule has 2 unspecified atom stereocenters. The third-order valence-corrected chi connectivity index (χ3v) is 4.94. The van der Waals surface area contributed by atoms with Gasteiger partial charge in [-0.15, -0.1) is 11.3 Å². The molecule has 1 N–H and O–H groups in total. The number of hydrogen-bond acceptors (Lipinski definition) is 3. The SMILES string of the molecule is CC1CC(C)CC(Nc2ccc(-c3nccs3)cc2)C1. The van der Waals surface area contributed by atoms with Crippen LogP contribution in [0.5, 0.6) is 0 Å². The second kappa shape index (κ2) is 5.96. The van der Waals surface area contributed by atoms with E-state index in [4.69, 9.17) is 0 Å². The molecule has 1 aliphatic carbocycles. The van der Waals surface area contributed by atoms with Gasteiger partial charge in [-0.2, -0.15) is 0 Å². The molecule has 1 fully saturated rings. The third-order valence-electron chi connectivity index (χ3n) is 4.11. The van der Waals surface area contributed by atoms with E-state index in [1.165, 1.54) is 30.5 Å². The van der Waals surface area contributed by atoms with Crippen LogP contribution in [0.25, 0.3) is 10.6 Å². The summed E-state index contributed by atoms with van der Waals surface area (Å²) in [6.45, 7) is 4.74. The van der Waals surface area contributed by atoms with Gasteiger partial charge in [0.1, 0.15) is 5.01 Å². The highest BCUT2D eigenvalue weighted by molar-refractivity contribution is 7.13. The molecule has 0 spiro atoms. The van der Waals surface area contributed by atoms with Crippen LogP contribution in [-0.2, 0) is 0 Å². The third kappa shape index (κ3) is 3.21. The lowest BCUT2D eigenvalue weighted by molar-refractivity contribution is 0.281. The normalized spacial score (nSPS) is 26.4. The predicted molar refractivity (Wildman–Crippen MR) is 87.1 cm³/mol. The molecule has 0 radical (unpaired) electrons. The second-order valence-corrected chi connectivity index (χ2v) is 7.07. The van der Waals surface area contributed by atoms with Crippen molar-refractivity contribution in [2.75, 3.05) is 5.32 Å². The average Bonchev–Trinajstić information content (AvgIpc) is 2.92. The number of rotatable bonds is 3. The summed E-state index contributed by atoms with van der Waals surface area (Å²) in [6.07, 6.45) is 5.81. The van der Waals surface area contributed by atoms with Crippen LogP contribution in [0.1, 0.15) is 33.1 Å². The summed E-state index contributed by atoms with van der Waals surface area (Å²) in [6, 6.07) is 9.31. The maximum atomic E-state index is 4.35. The molecule has 1 heterocycles. The van der Waals surface area contributed by atoms with Gasteiger partial charge in [0.25, 0.3) is 0 Å². The van der Waals surface area contributed by atoms with Crippen LogP contribution in [0.4, 0.5) is 5.69 Å². The first-order chi connectivity index (χ1) is 9.70. The molecule has 3 heteroatoms. The maximum Gasteiger partial charge on any atom is 0.123 e. The highest BCUT2D eigenvalue weighted by Gasteiger charge is 2.23. The van der Waals surface area contributed by atoms with Gasteiger partial charge in [0.2, 0.25) is 0 Å². The first-order valence-corrected chi connectivity index (χ1v) is 8.35. The minimum atomic E-state index is 0.625. The molecule has 0 saturated heterocycles. The topological polar surface area (TPSA) is 24.9 Å². The molecule has 1 aliphatic rings. The standard InChI is InChI=1S/C17H22N2S/c1-12-9-13(2)11-16(10-12)19-15-5-3-14(4-6-15)17-18-7-8-20-17/h3-8,12-13,16,19H,9-11H2,1-2H3. The summed E-state index contributed by atoms with van der Waals surface area (Å²) >= 11 is 1.69. The lowest BCUT2D eigenvalue weighted by Gasteiger charge is -2.32. The Morgan fingerprint density at radius 1 is 1.05 bits per heavy atom. The molecule has 2 aromatic rings. The van der Waals surface area contributed by atoms with E-state index >= 15 is 0 Å². The van der Waals surface area contributed by atoms with E-state index in [2.05, 4.69) is 48.4 Å².